The van der Waals surface area contributed by atoms with Gasteiger partial charge in [0.1, 0.15) is 0 Å². The van der Waals surface area contributed by atoms with Crippen LogP contribution in [0.3, 0.4) is 0 Å². The number of esters is 1. The Kier molecular flexibility index (Phi) is 6.00. The fraction of sp³-hybridized carbons (Fsp3) is 0.435. The van der Waals surface area contributed by atoms with Gasteiger partial charge in [-0.1, -0.05) is 24.3 Å². The summed E-state index contributed by atoms with van der Waals surface area (Å²) in [5, 5.41) is 0. The van der Waals surface area contributed by atoms with Crippen LogP contribution in [0.25, 0.3) is 5.57 Å². The lowest BCUT2D eigenvalue weighted by Crippen LogP contribution is -2.14. The average Bonchev–Trinajstić information content (AvgIpc) is 3.61. The molecule has 2 aliphatic rings. The van der Waals surface area contributed by atoms with Crippen molar-refractivity contribution < 1.29 is 18.7 Å². The molecule has 0 saturated heterocycles. The number of nitrogens with zero attached hydrogens (tertiary/aromatic N) is 2. The van der Waals surface area contributed by atoms with Gasteiger partial charge in [-0.3, -0.25) is 9.37 Å². The molecule has 1 aromatic carbocycles. The van der Waals surface area contributed by atoms with Crippen molar-refractivity contribution in [3.05, 3.63) is 64.2 Å². The van der Waals surface area contributed by atoms with Gasteiger partial charge >= 0.3 is 5.97 Å². The van der Waals surface area contributed by atoms with Crippen molar-refractivity contribution >= 4 is 11.5 Å². The Labute approximate surface area is 170 Å². The van der Waals surface area contributed by atoms with Crippen LogP contribution in [0.2, 0.25) is 0 Å². The third-order valence-corrected chi connectivity index (χ3v) is 5.53. The summed E-state index contributed by atoms with van der Waals surface area (Å²) in [4.78, 5) is 21.4. The zero-order chi connectivity index (χ0) is 20.2. The van der Waals surface area contributed by atoms with Crippen LogP contribution < -0.4 is 0 Å². The molecule has 1 aliphatic carbocycles. The van der Waals surface area contributed by atoms with Gasteiger partial charge in [-0.15, -0.1) is 0 Å². The van der Waals surface area contributed by atoms with Gasteiger partial charge in [0.25, 0.3) is 0 Å². The van der Waals surface area contributed by atoms with Crippen LogP contribution in [0.1, 0.15) is 63.7 Å². The molecule has 0 radical (unpaired) electrons. The second-order valence-corrected chi connectivity index (χ2v) is 7.47. The zero-order valence-electron chi connectivity index (χ0n) is 16.6. The van der Waals surface area contributed by atoms with Gasteiger partial charge in [-0.2, -0.15) is 0 Å². The molecule has 5 nitrogen and oxygen atoms in total. The molecule has 1 fully saturated rings. The lowest BCUT2D eigenvalue weighted by molar-refractivity contribution is 0.0591. The molecule has 0 unspecified atom stereocenters. The Hall–Kier alpha value is -2.60. The predicted octanol–water partition coefficient (Wildman–Crippen LogP) is 4.05. The third-order valence-electron chi connectivity index (χ3n) is 5.53. The van der Waals surface area contributed by atoms with E-state index in [-0.39, 0.29) is 5.69 Å². The summed E-state index contributed by atoms with van der Waals surface area (Å²) >= 11 is 0. The number of hydrogen-bond donors (Lipinski definition) is 0. The quantitative estimate of drug-likeness (QED) is 0.661. The first-order chi connectivity index (χ1) is 14.2. The standard InChI is InChI=1S/C23H25FN2O3/c1-28-23(27)22-20(25-14-21(26-22)16-5-6-16)13-17-3-2-4-18(19(17)7-10-24)15-8-11-29-12-9-15/h2-4,8,14,16H,5-7,9-13H2,1H3. The molecular formula is C23H25FN2O3. The number of halogens is 1. The first-order valence-corrected chi connectivity index (χ1v) is 10.1. The van der Waals surface area contributed by atoms with Crippen LogP contribution in [0.15, 0.2) is 30.5 Å². The minimum Gasteiger partial charge on any atom is -0.464 e. The normalized spacial score (nSPS) is 16.4. The summed E-state index contributed by atoms with van der Waals surface area (Å²) < 4.78 is 23.8. The highest BCUT2D eigenvalue weighted by molar-refractivity contribution is 5.88. The van der Waals surface area contributed by atoms with Crippen LogP contribution in [0.5, 0.6) is 0 Å². The SMILES string of the molecule is COC(=O)c1nc(C2CC2)cnc1Cc1cccc(C2=CCOCC2)c1CCF. The molecule has 1 aromatic heterocycles. The molecule has 29 heavy (non-hydrogen) atoms. The molecule has 4 rings (SSSR count). The molecule has 1 saturated carbocycles. The van der Waals surface area contributed by atoms with Gasteiger partial charge in [0, 0.05) is 25.0 Å². The molecule has 152 valence electrons. The Morgan fingerprint density at radius 1 is 1.34 bits per heavy atom. The molecule has 0 spiro atoms. The fourth-order valence-electron chi connectivity index (χ4n) is 3.84. The Morgan fingerprint density at radius 3 is 2.90 bits per heavy atom. The van der Waals surface area contributed by atoms with Crippen LogP contribution in [-0.4, -0.2) is 42.9 Å². The first kappa shape index (κ1) is 19.7. The smallest absolute Gasteiger partial charge is 0.358 e. The lowest BCUT2D eigenvalue weighted by Gasteiger charge is -2.19. The predicted molar refractivity (Wildman–Crippen MR) is 108 cm³/mol. The van der Waals surface area contributed by atoms with Crippen LogP contribution >= 0.6 is 0 Å². The van der Waals surface area contributed by atoms with Gasteiger partial charge in [-0.05, 0) is 41.5 Å². The van der Waals surface area contributed by atoms with E-state index in [1.54, 1.807) is 6.20 Å². The zero-order valence-corrected chi connectivity index (χ0v) is 16.6. The van der Waals surface area contributed by atoms with Gasteiger partial charge < -0.3 is 9.47 Å². The number of benzene rings is 1. The molecule has 0 bridgehead atoms. The number of aromatic nitrogens is 2. The highest BCUT2D eigenvalue weighted by Crippen LogP contribution is 2.39. The highest BCUT2D eigenvalue weighted by Gasteiger charge is 2.28. The van der Waals surface area contributed by atoms with Gasteiger partial charge in [0.15, 0.2) is 5.69 Å². The summed E-state index contributed by atoms with van der Waals surface area (Å²) in [6.45, 7) is 0.810. The van der Waals surface area contributed by atoms with Crippen molar-refractivity contribution in [1.29, 1.82) is 0 Å². The van der Waals surface area contributed by atoms with Crippen molar-refractivity contribution in [2.24, 2.45) is 0 Å². The van der Waals surface area contributed by atoms with E-state index in [1.807, 2.05) is 18.2 Å². The van der Waals surface area contributed by atoms with E-state index in [0.29, 0.717) is 37.7 Å². The Bertz CT molecular complexity index is 938. The average molecular weight is 396 g/mol. The number of hydrogen-bond acceptors (Lipinski definition) is 5. The molecular weight excluding hydrogens is 371 g/mol. The molecule has 0 N–H and O–H groups in total. The Morgan fingerprint density at radius 2 is 2.21 bits per heavy atom. The largest absolute Gasteiger partial charge is 0.464 e. The van der Waals surface area contributed by atoms with Gasteiger partial charge in [0.05, 0.1) is 38.4 Å². The molecule has 1 aliphatic heterocycles. The number of alkyl halides is 1. The van der Waals surface area contributed by atoms with Crippen molar-refractivity contribution in [1.82, 2.24) is 9.97 Å². The van der Waals surface area contributed by atoms with Crippen LogP contribution in [0.4, 0.5) is 4.39 Å². The summed E-state index contributed by atoms with van der Waals surface area (Å²) in [7, 11) is 1.35. The number of carbonyl (C=O) groups is 1. The van der Waals surface area contributed by atoms with E-state index in [9.17, 15) is 9.18 Å². The van der Waals surface area contributed by atoms with E-state index >= 15 is 0 Å². The molecule has 0 atom stereocenters. The summed E-state index contributed by atoms with van der Waals surface area (Å²) in [5.74, 6) is -0.0869. The van der Waals surface area contributed by atoms with E-state index in [0.717, 1.165) is 41.6 Å². The minimum absolute atomic E-state index is 0.263. The van der Waals surface area contributed by atoms with E-state index < -0.39 is 12.6 Å². The minimum atomic E-state index is -0.481. The maximum atomic E-state index is 13.4. The summed E-state index contributed by atoms with van der Waals surface area (Å²) in [6.07, 6.45) is 7.53. The summed E-state index contributed by atoms with van der Waals surface area (Å²) in [5.41, 5.74) is 5.85. The third kappa shape index (κ3) is 4.37. The molecule has 2 heterocycles. The highest BCUT2D eigenvalue weighted by atomic mass is 19.1. The fourth-order valence-corrected chi connectivity index (χ4v) is 3.84. The Balaban J connectivity index is 1.72. The maximum absolute atomic E-state index is 13.4. The molecule has 0 amide bonds. The molecule has 2 aromatic rings. The van der Waals surface area contributed by atoms with E-state index in [4.69, 9.17) is 9.47 Å². The maximum Gasteiger partial charge on any atom is 0.358 e. The van der Waals surface area contributed by atoms with Crippen LogP contribution in [-0.2, 0) is 22.3 Å². The number of methoxy groups -OCH3 is 1. The second kappa shape index (κ2) is 8.82. The monoisotopic (exact) mass is 396 g/mol. The molecule has 6 heteroatoms. The number of carbonyl (C=O) groups excluding carboxylic acids is 1. The van der Waals surface area contributed by atoms with E-state index in [2.05, 4.69) is 16.0 Å². The first-order valence-electron chi connectivity index (χ1n) is 10.1. The summed E-state index contributed by atoms with van der Waals surface area (Å²) in [6, 6.07) is 5.99. The van der Waals surface area contributed by atoms with Crippen molar-refractivity contribution in [2.45, 2.75) is 38.0 Å². The van der Waals surface area contributed by atoms with Crippen molar-refractivity contribution in [3.63, 3.8) is 0 Å². The number of ether oxygens (including phenoxy) is 2. The lowest BCUT2D eigenvalue weighted by atomic mass is 9.89. The van der Waals surface area contributed by atoms with Crippen molar-refractivity contribution in [3.8, 4) is 0 Å². The number of rotatable bonds is 7. The van der Waals surface area contributed by atoms with E-state index in [1.165, 1.54) is 12.7 Å². The van der Waals surface area contributed by atoms with Gasteiger partial charge in [-0.25, -0.2) is 9.78 Å². The second-order valence-electron chi connectivity index (χ2n) is 7.47. The van der Waals surface area contributed by atoms with Crippen molar-refractivity contribution in [2.75, 3.05) is 27.0 Å². The van der Waals surface area contributed by atoms with Crippen LogP contribution in [0, 0.1) is 0 Å². The van der Waals surface area contributed by atoms with Gasteiger partial charge in [0.2, 0.25) is 0 Å². The topological polar surface area (TPSA) is 61.3 Å².